The van der Waals surface area contributed by atoms with Gasteiger partial charge in [-0.2, -0.15) is 0 Å². The zero-order chi connectivity index (χ0) is 9.90. The SMILES string of the molecule is CNC(C)(C)C(=O)Nc1nncs1. The molecule has 0 spiro atoms. The minimum atomic E-state index is -0.592. The second-order valence-corrected chi connectivity index (χ2v) is 3.91. The molecule has 1 amide bonds. The Morgan fingerprint density at radius 3 is 2.77 bits per heavy atom. The van der Waals surface area contributed by atoms with E-state index in [0.29, 0.717) is 5.13 Å². The van der Waals surface area contributed by atoms with Crippen molar-refractivity contribution in [1.82, 2.24) is 15.5 Å². The van der Waals surface area contributed by atoms with Gasteiger partial charge in [-0.3, -0.25) is 10.1 Å². The lowest BCUT2D eigenvalue weighted by molar-refractivity contribution is -0.121. The molecule has 0 aliphatic heterocycles. The molecule has 0 saturated heterocycles. The van der Waals surface area contributed by atoms with Gasteiger partial charge in [-0.25, -0.2) is 0 Å². The molecule has 0 atom stereocenters. The number of nitrogens with one attached hydrogen (secondary N) is 2. The van der Waals surface area contributed by atoms with Crippen LogP contribution in [0.4, 0.5) is 5.13 Å². The van der Waals surface area contributed by atoms with Crippen molar-refractivity contribution < 1.29 is 4.79 Å². The summed E-state index contributed by atoms with van der Waals surface area (Å²) in [5, 5.41) is 13.4. The van der Waals surface area contributed by atoms with Crippen LogP contribution in [0.5, 0.6) is 0 Å². The summed E-state index contributed by atoms with van der Waals surface area (Å²) in [6.45, 7) is 3.59. The van der Waals surface area contributed by atoms with Crippen molar-refractivity contribution in [2.24, 2.45) is 0 Å². The van der Waals surface area contributed by atoms with E-state index in [1.807, 2.05) is 0 Å². The maximum atomic E-state index is 11.5. The Bertz CT molecular complexity index is 283. The zero-order valence-electron chi connectivity index (χ0n) is 7.79. The molecule has 1 aromatic heterocycles. The summed E-state index contributed by atoms with van der Waals surface area (Å²) < 4.78 is 0. The molecule has 13 heavy (non-hydrogen) atoms. The highest BCUT2D eigenvalue weighted by molar-refractivity contribution is 7.13. The van der Waals surface area contributed by atoms with Gasteiger partial charge in [0.2, 0.25) is 11.0 Å². The third-order valence-corrected chi connectivity index (χ3v) is 2.38. The van der Waals surface area contributed by atoms with Gasteiger partial charge in [0.1, 0.15) is 5.51 Å². The summed E-state index contributed by atoms with van der Waals surface area (Å²) >= 11 is 1.30. The number of hydrogen-bond acceptors (Lipinski definition) is 5. The lowest BCUT2D eigenvalue weighted by Gasteiger charge is -2.21. The van der Waals surface area contributed by atoms with E-state index in [0.717, 1.165) is 0 Å². The van der Waals surface area contributed by atoms with Crippen LogP contribution >= 0.6 is 11.3 Å². The van der Waals surface area contributed by atoms with Crippen molar-refractivity contribution in [2.75, 3.05) is 12.4 Å². The number of carbonyl (C=O) groups is 1. The van der Waals surface area contributed by atoms with E-state index in [4.69, 9.17) is 0 Å². The first kappa shape index (κ1) is 10.1. The number of hydrogen-bond donors (Lipinski definition) is 2. The van der Waals surface area contributed by atoms with Crippen LogP contribution in [0, 0.1) is 0 Å². The molecule has 6 heteroatoms. The molecule has 0 radical (unpaired) electrons. The van der Waals surface area contributed by atoms with Gasteiger partial charge in [-0.05, 0) is 20.9 Å². The number of likely N-dealkylation sites (N-methyl/N-ethyl adjacent to an activating group) is 1. The molecule has 0 fully saturated rings. The van der Waals surface area contributed by atoms with Crippen molar-refractivity contribution >= 4 is 22.4 Å². The minimum absolute atomic E-state index is 0.119. The summed E-state index contributed by atoms with van der Waals surface area (Å²) in [7, 11) is 1.74. The van der Waals surface area contributed by atoms with Crippen LogP contribution in [0.2, 0.25) is 0 Å². The average molecular weight is 200 g/mol. The highest BCUT2D eigenvalue weighted by Gasteiger charge is 2.25. The Kier molecular flexibility index (Phi) is 2.94. The fourth-order valence-electron chi connectivity index (χ4n) is 0.594. The van der Waals surface area contributed by atoms with E-state index < -0.39 is 5.54 Å². The predicted molar refractivity (Wildman–Crippen MR) is 51.7 cm³/mol. The van der Waals surface area contributed by atoms with Crippen LogP contribution in [0.15, 0.2) is 5.51 Å². The molecular formula is C7H12N4OS. The first-order chi connectivity index (χ1) is 6.06. The Balaban J connectivity index is 2.61. The summed E-state index contributed by atoms with van der Waals surface area (Å²) in [5.74, 6) is -0.119. The highest BCUT2D eigenvalue weighted by atomic mass is 32.1. The number of carbonyl (C=O) groups excluding carboxylic acids is 1. The first-order valence-electron chi connectivity index (χ1n) is 3.83. The molecule has 0 bridgehead atoms. The zero-order valence-corrected chi connectivity index (χ0v) is 8.60. The second kappa shape index (κ2) is 3.80. The predicted octanol–water partition coefficient (Wildman–Crippen LogP) is 0.475. The van der Waals surface area contributed by atoms with Crippen LogP contribution < -0.4 is 10.6 Å². The Hall–Kier alpha value is -1.01. The van der Waals surface area contributed by atoms with Gasteiger partial charge in [-0.15, -0.1) is 10.2 Å². The molecule has 72 valence electrons. The van der Waals surface area contributed by atoms with Crippen molar-refractivity contribution in [1.29, 1.82) is 0 Å². The number of rotatable bonds is 3. The maximum absolute atomic E-state index is 11.5. The third kappa shape index (κ3) is 2.46. The van der Waals surface area contributed by atoms with E-state index in [1.165, 1.54) is 11.3 Å². The van der Waals surface area contributed by atoms with Crippen LogP contribution in [-0.2, 0) is 4.79 Å². The normalized spacial score (nSPS) is 11.3. The van der Waals surface area contributed by atoms with E-state index in [1.54, 1.807) is 26.4 Å². The van der Waals surface area contributed by atoms with E-state index in [-0.39, 0.29) is 5.91 Å². The smallest absolute Gasteiger partial charge is 0.245 e. The van der Waals surface area contributed by atoms with Crippen molar-refractivity contribution in [3.8, 4) is 0 Å². The molecule has 0 unspecified atom stereocenters. The van der Waals surface area contributed by atoms with Gasteiger partial charge in [0.15, 0.2) is 0 Å². The second-order valence-electron chi connectivity index (χ2n) is 3.07. The minimum Gasteiger partial charge on any atom is -0.307 e. The van der Waals surface area contributed by atoms with Crippen molar-refractivity contribution in [2.45, 2.75) is 19.4 Å². The molecule has 0 aromatic carbocycles. The molecular weight excluding hydrogens is 188 g/mol. The first-order valence-corrected chi connectivity index (χ1v) is 4.71. The van der Waals surface area contributed by atoms with Crippen LogP contribution in [0.25, 0.3) is 0 Å². The maximum Gasteiger partial charge on any atom is 0.245 e. The van der Waals surface area contributed by atoms with Gasteiger partial charge < -0.3 is 5.32 Å². The molecule has 2 N–H and O–H groups in total. The molecule has 0 aliphatic carbocycles. The Morgan fingerprint density at radius 2 is 2.31 bits per heavy atom. The Morgan fingerprint density at radius 1 is 1.62 bits per heavy atom. The number of amides is 1. The Labute approximate surface area is 80.6 Å². The standard InChI is InChI=1S/C7H12N4OS/c1-7(2,8-3)5(12)10-6-11-9-4-13-6/h4,8H,1-3H3,(H,10,11,12). The van der Waals surface area contributed by atoms with Crippen LogP contribution in [-0.4, -0.2) is 28.7 Å². The lowest BCUT2D eigenvalue weighted by atomic mass is 10.1. The fourth-order valence-corrected chi connectivity index (χ4v) is 1.03. The topological polar surface area (TPSA) is 66.9 Å². The summed E-state index contributed by atoms with van der Waals surface area (Å²) in [4.78, 5) is 11.5. The molecule has 0 aliphatic rings. The van der Waals surface area contributed by atoms with Crippen LogP contribution in [0.1, 0.15) is 13.8 Å². The quantitative estimate of drug-likeness (QED) is 0.744. The van der Waals surface area contributed by atoms with Gasteiger partial charge in [0.25, 0.3) is 0 Å². The third-order valence-electron chi connectivity index (χ3n) is 1.77. The van der Waals surface area contributed by atoms with Crippen LogP contribution in [0.3, 0.4) is 0 Å². The summed E-state index contributed by atoms with van der Waals surface area (Å²) in [6.07, 6.45) is 0. The van der Waals surface area contributed by atoms with Gasteiger partial charge in [0, 0.05) is 0 Å². The van der Waals surface area contributed by atoms with Crippen molar-refractivity contribution in [3.63, 3.8) is 0 Å². The molecule has 1 aromatic rings. The van der Waals surface area contributed by atoms with E-state index >= 15 is 0 Å². The average Bonchev–Trinajstić information content (AvgIpc) is 2.57. The summed E-state index contributed by atoms with van der Waals surface area (Å²) in [6, 6.07) is 0. The number of anilines is 1. The molecule has 1 heterocycles. The molecule has 5 nitrogen and oxygen atoms in total. The largest absolute Gasteiger partial charge is 0.307 e. The van der Waals surface area contributed by atoms with Crippen molar-refractivity contribution in [3.05, 3.63) is 5.51 Å². The van der Waals surface area contributed by atoms with Gasteiger partial charge in [-0.1, -0.05) is 11.3 Å². The number of aromatic nitrogens is 2. The lowest BCUT2D eigenvalue weighted by Crippen LogP contribution is -2.47. The number of nitrogens with zero attached hydrogens (tertiary/aromatic N) is 2. The molecule has 1 rings (SSSR count). The van der Waals surface area contributed by atoms with Gasteiger partial charge in [0.05, 0.1) is 5.54 Å². The fraction of sp³-hybridized carbons (Fsp3) is 0.571. The molecule has 0 saturated carbocycles. The van der Waals surface area contributed by atoms with Gasteiger partial charge >= 0.3 is 0 Å². The monoisotopic (exact) mass is 200 g/mol. The van der Waals surface area contributed by atoms with E-state index in [2.05, 4.69) is 20.8 Å². The summed E-state index contributed by atoms with van der Waals surface area (Å²) in [5.41, 5.74) is 0.980. The van der Waals surface area contributed by atoms with E-state index in [9.17, 15) is 4.79 Å². The highest BCUT2D eigenvalue weighted by Crippen LogP contribution is 2.11.